The van der Waals surface area contributed by atoms with E-state index in [9.17, 15) is 8.42 Å². The van der Waals surface area contributed by atoms with Gasteiger partial charge in [0, 0.05) is 18.9 Å². The van der Waals surface area contributed by atoms with E-state index >= 15 is 0 Å². The lowest BCUT2D eigenvalue weighted by Gasteiger charge is -2.31. The van der Waals surface area contributed by atoms with Gasteiger partial charge in [0.25, 0.3) is 0 Å². The average molecular weight is 428 g/mol. The second-order valence-electron chi connectivity index (χ2n) is 5.58. The highest BCUT2D eigenvalue weighted by Crippen LogP contribution is 2.28. The Morgan fingerprint density at radius 1 is 1.24 bits per heavy atom. The zero-order valence-corrected chi connectivity index (χ0v) is 16.0. The summed E-state index contributed by atoms with van der Waals surface area (Å²) in [5.41, 5.74) is 0. The molecule has 1 unspecified atom stereocenters. The maximum absolute atomic E-state index is 13.0. The van der Waals surface area contributed by atoms with E-state index in [0.717, 1.165) is 10.9 Å². The number of ether oxygens (including phenoxy) is 2. The van der Waals surface area contributed by atoms with Crippen molar-refractivity contribution in [3.63, 3.8) is 0 Å². The normalized spacial score (nSPS) is 18.7. The topological polar surface area (TPSA) is 81.6 Å². The van der Waals surface area contributed by atoms with Crippen molar-refractivity contribution in [3.8, 4) is 11.8 Å². The lowest BCUT2D eigenvalue weighted by Crippen LogP contribution is -2.44. The van der Waals surface area contributed by atoms with Gasteiger partial charge < -0.3 is 9.47 Å². The van der Waals surface area contributed by atoms with Gasteiger partial charge in [-0.3, -0.25) is 0 Å². The molecule has 25 heavy (non-hydrogen) atoms. The van der Waals surface area contributed by atoms with Crippen molar-refractivity contribution in [3.05, 3.63) is 41.1 Å². The Kier molecular flexibility index (Phi) is 5.55. The predicted molar refractivity (Wildman–Crippen MR) is 95.1 cm³/mol. The van der Waals surface area contributed by atoms with Crippen molar-refractivity contribution in [2.24, 2.45) is 0 Å². The smallest absolute Gasteiger partial charge is 0.316 e. The van der Waals surface area contributed by atoms with Crippen molar-refractivity contribution >= 4 is 26.0 Å². The molecular formula is C16H18BrN3O4S. The molecule has 1 aliphatic rings. The monoisotopic (exact) mass is 427 g/mol. The maximum atomic E-state index is 13.0. The summed E-state index contributed by atoms with van der Waals surface area (Å²) in [5, 5.41) is 0. The van der Waals surface area contributed by atoms with Gasteiger partial charge in [0.05, 0.1) is 18.1 Å². The van der Waals surface area contributed by atoms with Gasteiger partial charge in [0.15, 0.2) is 0 Å². The summed E-state index contributed by atoms with van der Waals surface area (Å²) in [6.45, 7) is 0.696. The molecule has 2 aromatic rings. The van der Waals surface area contributed by atoms with E-state index in [4.69, 9.17) is 9.47 Å². The molecule has 1 aromatic carbocycles. The third-order valence-corrected chi connectivity index (χ3v) is 6.21. The molecule has 0 aliphatic carbocycles. The van der Waals surface area contributed by atoms with Crippen LogP contribution >= 0.6 is 15.9 Å². The molecule has 0 amide bonds. The number of benzene rings is 1. The summed E-state index contributed by atoms with van der Waals surface area (Å²) < 4.78 is 39.0. The zero-order chi connectivity index (χ0) is 17.9. The molecule has 1 saturated heterocycles. The fourth-order valence-electron chi connectivity index (χ4n) is 2.70. The number of sulfonamides is 1. The predicted octanol–water partition coefficient (Wildman–Crippen LogP) is 2.48. The Balaban J connectivity index is 1.77. The van der Waals surface area contributed by atoms with Crippen LogP contribution in [-0.4, -0.2) is 49.0 Å². The van der Waals surface area contributed by atoms with Gasteiger partial charge in [-0.1, -0.05) is 12.1 Å². The molecule has 9 heteroatoms. The Labute approximate surface area is 155 Å². The first-order chi connectivity index (χ1) is 12.0. The summed E-state index contributed by atoms with van der Waals surface area (Å²) in [6.07, 6.45) is 4.34. The molecule has 1 aliphatic heterocycles. The number of piperidine rings is 1. The molecule has 0 N–H and O–H groups in total. The molecule has 1 fully saturated rings. The molecule has 0 radical (unpaired) electrons. The third-order valence-electron chi connectivity index (χ3n) is 3.90. The second-order valence-corrected chi connectivity index (χ2v) is 8.40. The van der Waals surface area contributed by atoms with Gasteiger partial charge in [0.2, 0.25) is 10.0 Å². The highest BCUT2D eigenvalue weighted by atomic mass is 79.9. The first kappa shape index (κ1) is 18.1. The van der Waals surface area contributed by atoms with Gasteiger partial charge >= 0.3 is 6.01 Å². The molecule has 1 aromatic heterocycles. The second kappa shape index (κ2) is 7.67. The first-order valence-electron chi connectivity index (χ1n) is 7.78. The van der Waals surface area contributed by atoms with Gasteiger partial charge in [-0.15, -0.1) is 0 Å². The number of methoxy groups -OCH3 is 1. The number of nitrogens with zero attached hydrogens (tertiary/aromatic N) is 3. The molecule has 1 atom stereocenters. The Morgan fingerprint density at radius 3 is 2.68 bits per heavy atom. The molecule has 3 rings (SSSR count). The number of hydrogen-bond donors (Lipinski definition) is 0. The van der Waals surface area contributed by atoms with Crippen LogP contribution in [0.5, 0.6) is 11.8 Å². The van der Waals surface area contributed by atoms with Crippen molar-refractivity contribution < 1.29 is 17.9 Å². The number of hydrogen-bond acceptors (Lipinski definition) is 6. The van der Waals surface area contributed by atoms with Crippen molar-refractivity contribution in [2.45, 2.75) is 23.8 Å². The zero-order valence-electron chi connectivity index (χ0n) is 13.6. The van der Waals surface area contributed by atoms with E-state index in [1.54, 1.807) is 36.7 Å². The minimum atomic E-state index is -3.66. The van der Waals surface area contributed by atoms with Gasteiger partial charge in [-0.25, -0.2) is 18.4 Å². The Morgan fingerprint density at radius 2 is 1.96 bits per heavy atom. The minimum Gasteiger partial charge on any atom is -0.495 e. The minimum absolute atomic E-state index is 0.165. The fourth-order valence-corrected chi connectivity index (χ4v) is 4.57. The van der Waals surface area contributed by atoms with Crippen LogP contribution in [-0.2, 0) is 10.0 Å². The highest BCUT2D eigenvalue weighted by Gasteiger charge is 2.33. The van der Waals surface area contributed by atoms with Gasteiger partial charge in [-0.05, 0) is 40.9 Å². The van der Waals surface area contributed by atoms with E-state index in [0.29, 0.717) is 18.7 Å². The molecule has 0 spiro atoms. The molecule has 134 valence electrons. The number of rotatable bonds is 5. The standard InChI is InChI=1S/C16H18BrN3O4S/c1-23-14-6-2-3-7-15(14)25(21,22)20-8-4-5-13(11-20)24-16-18-9-12(17)10-19-16/h2-3,6-7,9-10,13H,4-5,8,11H2,1H3. The average Bonchev–Trinajstić information content (AvgIpc) is 2.64. The first-order valence-corrected chi connectivity index (χ1v) is 10.0. The van der Waals surface area contributed by atoms with E-state index in [-0.39, 0.29) is 23.6 Å². The molecular weight excluding hydrogens is 410 g/mol. The fraction of sp³-hybridized carbons (Fsp3) is 0.375. The maximum Gasteiger partial charge on any atom is 0.316 e. The van der Waals surface area contributed by atoms with Crippen LogP contribution in [0.4, 0.5) is 0 Å². The summed E-state index contributed by atoms with van der Waals surface area (Å²) in [4.78, 5) is 8.32. The summed E-state index contributed by atoms with van der Waals surface area (Å²) in [5.74, 6) is 0.335. The van der Waals surface area contributed by atoms with Crippen LogP contribution in [0.25, 0.3) is 0 Å². The number of aromatic nitrogens is 2. The lowest BCUT2D eigenvalue weighted by molar-refractivity contribution is 0.119. The Bertz CT molecular complexity index is 830. The molecule has 2 heterocycles. The van der Waals surface area contributed by atoms with Crippen LogP contribution in [0, 0.1) is 0 Å². The quantitative estimate of drug-likeness (QED) is 0.728. The van der Waals surface area contributed by atoms with E-state index in [1.807, 2.05) is 0 Å². The summed E-state index contributed by atoms with van der Waals surface area (Å²) in [6, 6.07) is 6.86. The van der Waals surface area contributed by atoms with Crippen LogP contribution in [0.2, 0.25) is 0 Å². The van der Waals surface area contributed by atoms with E-state index in [2.05, 4.69) is 25.9 Å². The van der Waals surface area contributed by atoms with Gasteiger partial charge in [0.1, 0.15) is 16.7 Å². The SMILES string of the molecule is COc1ccccc1S(=O)(=O)N1CCCC(Oc2ncc(Br)cn2)C1. The third kappa shape index (κ3) is 4.10. The Hall–Kier alpha value is -1.71. The van der Waals surface area contributed by atoms with E-state index < -0.39 is 10.0 Å². The number of para-hydroxylation sites is 1. The van der Waals surface area contributed by atoms with Crippen LogP contribution < -0.4 is 9.47 Å². The largest absolute Gasteiger partial charge is 0.495 e. The van der Waals surface area contributed by atoms with Crippen molar-refractivity contribution in [1.82, 2.24) is 14.3 Å². The highest BCUT2D eigenvalue weighted by molar-refractivity contribution is 9.10. The van der Waals surface area contributed by atoms with Crippen LogP contribution in [0.3, 0.4) is 0 Å². The number of halogens is 1. The van der Waals surface area contributed by atoms with E-state index in [1.165, 1.54) is 11.4 Å². The summed E-state index contributed by atoms with van der Waals surface area (Å²) in [7, 11) is -2.20. The molecule has 0 saturated carbocycles. The molecule has 7 nitrogen and oxygen atoms in total. The summed E-state index contributed by atoms with van der Waals surface area (Å²) >= 11 is 3.27. The van der Waals surface area contributed by atoms with Crippen LogP contribution in [0.15, 0.2) is 46.0 Å². The lowest BCUT2D eigenvalue weighted by atomic mass is 10.1. The van der Waals surface area contributed by atoms with Crippen LogP contribution in [0.1, 0.15) is 12.8 Å². The molecule has 0 bridgehead atoms. The van der Waals surface area contributed by atoms with Crippen molar-refractivity contribution in [1.29, 1.82) is 0 Å². The van der Waals surface area contributed by atoms with Crippen molar-refractivity contribution in [2.75, 3.05) is 20.2 Å². The van der Waals surface area contributed by atoms with Gasteiger partial charge in [-0.2, -0.15) is 4.31 Å².